The molecule has 104 valence electrons. The van der Waals surface area contributed by atoms with E-state index in [1.54, 1.807) is 12.1 Å². The molecule has 0 unspecified atom stereocenters. The molecule has 5 heteroatoms. The summed E-state index contributed by atoms with van der Waals surface area (Å²) in [5.74, 6) is -0.862. The first kappa shape index (κ1) is 13.8. The minimum Gasteiger partial charge on any atom is -0.478 e. The number of rotatable bonds is 5. The minimum atomic E-state index is -0.862. The molecule has 0 aliphatic carbocycles. The Bertz CT molecular complexity index is 428. The van der Waals surface area contributed by atoms with Gasteiger partial charge in [0.2, 0.25) is 0 Å². The molecule has 1 aromatic rings. The van der Waals surface area contributed by atoms with Crippen molar-refractivity contribution in [2.24, 2.45) is 5.73 Å². The summed E-state index contributed by atoms with van der Waals surface area (Å²) in [5.41, 5.74) is 6.69. The number of nitrogens with two attached hydrogens (primary N) is 1. The van der Waals surface area contributed by atoms with Crippen molar-refractivity contribution in [2.75, 3.05) is 31.1 Å². The maximum absolute atomic E-state index is 11.2. The Balaban J connectivity index is 2.00. The van der Waals surface area contributed by atoms with Gasteiger partial charge in [-0.3, -0.25) is 0 Å². The molecule has 1 aromatic carbocycles. The molecule has 0 saturated carbocycles. The van der Waals surface area contributed by atoms with Crippen molar-refractivity contribution >= 4 is 11.7 Å². The fraction of sp³-hybridized carbons (Fsp3) is 0.500. The number of piperidine rings is 1. The largest absolute Gasteiger partial charge is 0.478 e. The summed E-state index contributed by atoms with van der Waals surface area (Å²) in [7, 11) is 0. The van der Waals surface area contributed by atoms with Gasteiger partial charge in [-0.1, -0.05) is 12.1 Å². The Morgan fingerprint density at radius 2 is 2.05 bits per heavy atom. The highest BCUT2D eigenvalue weighted by Gasteiger charge is 2.21. The fourth-order valence-electron chi connectivity index (χ4n) is 2.54. The van der Waals surface area contributed by atoms with Crippen LogP contribution in [0, 0.1) is 0 Å². The molecule has 1 aliphatic rings. The van der Waals surface area contributed by atoms with Crippen LogP contribution >= 0.6 is 0 Å². The van der Waals surface area contributed by atoms with Crippen molar-refractivity contribution < 1.29 is 9.90 Å². The lowest BCUT2D eigenvalue weighted by Crippen LogP contribution is -2.44. The van der Waals surface area contributed by atoms with Gasteiger partial charge in [-0.15, -0.1) is 0 Å². The predicted molar refractivity (Wildman–Crippen MR) is 75.7 cm³/mol. The van der Waals surface area contributed by atoms with Crippen LogP contribution in [0.3, 0.4) is 0 Å². The van der Waals surface area contributed by atoms with Crippen molar-refractivity contribution in [1.82, 2.24) is 5.32 Å². The van der Waals surface area contributed by atoms with E-state index in [0.29, 0.717) is 18.2 Å². The second-order valence-corrected chi connectivity index (χ2v) is 4.83. The maximum Gasteiger partial charge on any atom is 0.337 e. The first-order valence-corrected chi connectivity index (χ1v) is 6.73. The van der Waals surface area contributed by atoms with Gasteiger partial charge < -0.3 is 21.1 Å². The maximum atomic E-state index is 11.2. The van der Waals surface area contributed by atoms with Gasteiger partial charge in [-0.2, -0.15) is 0 Å². The molecule has 1 heterocycles. The zero-order valence-electron chi connectivity index (χ0n) is 11.0. The first-order chi connectivity index (χ1) is 9.22. The van der Waals surface area contributed by atoms with Crippen LogP contribution in [0.1, 0.15) is 23.2 Å². The van der Waals surface area contributed by atoms with E-state index in [2.05, 4.69) is 10.2 Å². The van der Waals surface area contributed by atoms with Gasteiger partial charge in [0, 0.05) is 32.2 Å². The summed E-state index contributed by atoms with van der Waals surface area (Å²) in [6.45, 7) is 3.26. The first-order valence-electron chi connectivity index (χ1n) is 6.73. The van der Waals surface area contributed by atoms with Crippen LogP contribution < -0.4 is 16.0 Å². The molecule has 1 aliphatic heterocycles. The van der Waals surface area contributed by atoms with Crippen LogP contribution in [-0.2, 0) is 0 Å². The van der Waals surface area contributed by atoms with E-state index < -0.39 is 5.97 Å². The Morgan fingerprint density at radius 3 is 2.68 bits per heavy atom. The molecule has 0 spiro atoms. The number of carboxylic acid groups (broad SMARTS) is 1. The lowest BCUT2D eigenvalue weighted by molar-refractivity contribution is 0.0697. The number of anilines is 1. The summed E-state index contributed by atoms with van der Waals surface area (Å²) < 4.78 is 0. The van der Waals surface area contributed by atoms with Crippen LogP contribution in [-0.4, -0.2) is 43.3 Å². The number of benzene rings is 1. The molecule has 4 N–H and O–H groups in total. The molecule has 2 rings (SSSR count). The molecular weight excluding hydrogens is 242 g/mol. The SMILES string of the molecule is NCCNC1CCN(c2ccccc2C(=O)O)CC1. The van der Waals surface area contributed by atoms with Crippen LogP contribution in [0.4, 0.5) is 5.69 Å². The minimum absolute atomic E-state index is 0.385. The molecule has 0 atom stereocenters. The van der Waals surface area contributed by atoms with Crippen molar-refractivity contribution in [2.45, 2.75) is 18.9 Å². The molecule has 0 bridgehead atoms. The fourth-order valence-corrected chi connectivity index (χ4v) is 2.54. The molecular formula is C14H21N3O2. The molecule has 5 nitrogen and oxygen atoms in total. The average Bonchev–Trinajstić information content (AvgIpc) is 2.45. The lowest BCUT2D eigenvalue weighted by Gasteiger charge is -2.34. The summed E-state index contributed by atoms with van der Waals surface area (Å²) >= 11 is 0. The number of hydrogen-bond acceptors (Lipinski definition) is 4. The number of nitrogens with zero attached hydrogens (tertiary/aromatic N) is 1. The second kappa shape index (κ2) is 6.54. The standard InChI is InChI=1S/C14H21N3O2/c15-7-8-16-11-5-9-17(10-6-11)13-4-2-1-3-12(13)14(18)19/h1-4,11,16H,5-10,15H2,(H,18,19). The highest BCUT2D eigenvalue weighted by Crippen LogP contribution is 2.24. The Labute approximate surface area is 113 Å². The third-order valence-corrected chi connectivity index (χ3v) is 3.55. The molecule has 19 heavy (non-hydrogen) atoms. The smallest absolute Gasteiger partial charge is 0.337 e. The van der Waals surface area contributed by atoms with Gasteiger partial charge in [0.25, 0.3) is 0 Å². The quantitative estimate of drug-likeness (QED) is 0.735. The molecule has 0 amide bonds. The summed E-state index contributed by atoms with van der Waals surface area (Å²) in [5, 5.41) is 12.6. The van der Waals surface area contributed by atoms with Gasteiger partial charge in [-0.05, 0) is 25.0 Å². The number of aromatic carboxylic acids is 1. The number of nitrogens with one attached hydrogen (secondary N) is 1. The second-order valence-electron chi connectivity index (χ2n) is 4.83. The van der Waals surface area contributed by atoms with E-state index in [-0.39, 0.29) is 0 Å². The zero-order chi connectivity index (χ0) is 13.7. The molecule has 0 aromatic heterocycles. The van der Waals surface area contributed by atoms with Crippen molar-refractivity contribution in [1.29, 1.82) is 0 Å². The van der Waals surface area contributed by atoms with Gasteiger partial charge in [0.1, 0.15) is 0 Å². The van der Waals surface area contributed by atoms with Crippen molar-refractivity contribution in [3.63, 3.8) is 0 Å². The molecule has 1 fully saturated rings. The Morgan fingerprint density at radius 1 is 1.37 bits per heavy atom. The number of carboxylic acids is 1. The van der Waals surface area contributed by atoms with Crippen molar-refractivity contribution in [3.8, 4) is 0 Å². The predicted octanol–water partition coefficient (Wildman–Crippen LogP) is 0.902. The van der Waals surface area contributed by atoms with Gasteiger partial charge >= 0.3 is 5.97 Å². The summed E-state index contributed by atoms with van der Waals surface area (Å²) in [6, 6.07) is 7.70. The zero-order valence-corrected chi connectivity index (χ0v) is 11.0. The van der Waals surface area contributed by atoms with Crippen LogP contribution in [0.2, 0.25) is 0 Å². The van der Waals surface area contributed by atoms with E-state index in [1.165, 1.54) is 0 Å². The third-order valence-electron chi connectivity index (χ3n) is 3.55. The normalized spacial score (nSPS) is 16.6. The van der Waals surface area contributed by atoms with E-state index in [9.17, 15) is 9.90 Å². The number of carbonyl (C=O) groups is 1. The van der Waals surface area contributed by atoms with E-state index in [1.807, 2.05) is 12.1 Å². The summed E-state index contributed by atoms with van der Waals surface area (Å²) in [4.78, 5) is 13.4. The lowest BCUT2D eigenvalue weighted by atomic mass is 10.0. The third kappa shape index (κ3) is 3.45. The topological polar surface area (TPSA) is 78.6 Å². The van der Waals surface area contributed by atoms with Crippen molar-refractivity contribution in [3.05, 3.63) is 29.8 Å². The van der Waals surface area contributed by atoms with E-state index in [4.69, 9.17) is 5.73 Å². The molecule has 0 radical (unpaired) electrons. The van der Waals surface area contributed by atoms with Gasteiger partial charge in [0.15, 0.2) is 0 Å². The highest BCUT2D eigenvalue weighted by molar-refractivity contribution is 5.94. The van der Waals surface area contributed by atoms with E-state index in [0.717, 1.165) is 38.2 Å². The van der Waals surface area contributed by atoms with Gasteiger partial charge in [-0.25, -0.2) is 4.79 Å². The Hall–Kier alpha value is -1.59. The molecule has 1 saturated heterocycles. The highest BCUT2D eigenvalue weighted by atomic mass is 16.4. The van der Waals surface area contributed by atoms with Crippen LogP contribution in [0.25, 0.3) is 0 Å². The Kier molecular flexibility index (Phi) is 4.76. The monoisotopic (exact) mass is 263 g/mol. The van der Waals surface area contributed by atoms with Gasteiger partial charge in [0.05, 0.1) is 11.3 Å². The van der Waals surface area contributed by atoms with Crippen LogP contribution in [0.5, 0.6) is 0 Å². The van der Waals surface area contributed by atoms with E-state index >= 15 is 0 Å². The number of hydrogen-bond donors (Lipinski definition) is 3. The van der Waals surface area contributed by atoms with Crippen LogP contribution in [0.15, 0.2) is 24.3 Å². The number of para-hydroxylation sites is 1. The summed E-state index contributed by atoms with van der Waals surface area (Å²) in [6.07, 6.45) is 2.04. The average molecular weight is 263 g/mol.